The molecule has 0 saturated carbocycles. The van der Waals surface area contributed by atoms with Gasteiger partial charge in [0.2, 0.25) is 10.0 Å². The summed E-state index contributed by atoms with van der Waals surface area (Å²) in [6.07, 6.45) is 0.900. The summed E-state index contributed by atoms with van der Waals surface area (Å²) in [5, 5.41) is 3.24. The van der Waals surface area contributed by atoms with E-state index in [-0.39, 0.29) is 10.9 Å². The molecule has 19 heavy (non-hydrogen) atoms. The van der Waals surface area contributed by atoms with Gasteiger partial charge in [0.05, 0.1) is 4.90 Å². The Kier molecular flexibility index (Phi) is 3.11. The molecule has 1 aromatic rings. The van der Waals surface area contributed by atoms with Crippen molar-refractivity contribution in [3.05, 3.63) is 29.6 Å². The van der Waals surface area contributed by atoms with Gasteiger partial charge in [-0.2, -0.15) is 4.31 Å². The molecule has 2 aliphatic rings. The van der Waals surface area contributed by atoms with E-state index in [1.54, 1.807) is 11.2 Å². The van der Waals surface area contributed by atoms with Gasteiger partial charge in [0.25, 0.3) is 0 Å². The van der Waals surface area contributed by atoms with Gasteiger partial charge < -0.3 is 5.32 Å². The molecule has 3 rings (SSSR count). The van der Waals surface area contributed by atoms with Crippen LogP contribution in [0.1, 0.15) is 12.0 Å². The van der Waals surface area contributed by atoms with Crippen LogP contribution in [-0.4, -0.2) is 38.4 Å². The lowest BCUT2D eigenvalue weighted by Crippen LogP contribution is -2.39. The van der Waals surface area contributed by atoms with E-state index in [0.29, 0.717) is 24.6 Å². The molecule has 2 fully saturated rings. The zero-order valence-corrected chi connectivity index (χ0v) is 11.6. The first-order valence-electron chi connectivity index (χ1n) is 6.49. The number of halogens is 1. The maximum atomic E-state index is 13.1. The van der Waals surface area contributed by atoms with Crippen LogP contribution in [-0.2, 0) is 10.0 Å². The number of aryl methyl sites for hydroxylation is 1. The molecule has 1 N–H and O–H groups in total. The normalized spacial score (nSPS) is 27.7. The molecular weight excluding hydrogens is 267 g/mol. The molecule has 104 valence electrons. The summed E-state index contributed by atoms with van der Waals surface area (Å²) in [6.45, 7) is 3.80. The molecule has 2 atom stereocenters. The highest BCUT2D eigenvalue weighted by atomic mass is 32.2. The molecule has 0 unspecified atom stereocenters. The number of benzene rings is 1. The van der Waals surface area contributed by atoms with Gasteiger partial charge in [-0.25, -0.2) is 12.8 Å². The van der Waals surface area contributed by atoms with Crippen molar-refractivity contribution in [3.63, 3.8) is 0 Å². The summed E-state index contributed by atoms with van der Waals surface area (Å²) in [5.74, 6) is 0.00816. The van der Waals surface area contributed by atoms with Crippen LogP contribution < -0.4 is 5.32 Å². The predicted molar refractivity (Wildman–Crippen MR) is 69.8 cm³/mol. The summed E-state index contributed by atoms with van der Waals surface area (Å²) in [7, 11) is -3.51. The zero-order chi connectivity index (χ0) is 13.6. The highest BCUT2D eigenvalue weighted by Gasteiger charge is 2.44. The second kappa shape index (κ2) is 4.54. The molecule has 0 aliphatic carbocycles. The topological polar surface area (TPSA) is 49.4 Å². The van der Waals surface area contributed by atoms with Crippen molar-refractivity contribution in [2.75, 3.05) is 19.6 Å². The molecular formula is C13H17FN2O2S. The van der Waals surface area contributed by atoms with Crippen molar-refractivity contribution in [1.29, 1.82) is 0 Å². The second-order valence-electron chi connectivity index (χ2n) is 5.30. The van der Waals surface area contributed by atoms with E-state index in [4.69, 9.17) is 0 Å². The molecule has 0 spiro atoms. The summed E-state index contributed by atoms with van der Waals surface area (Å²) in [4.78, 5) is 0.224. The number of nitrogens with zero attached hydrogens (tertiary/aromatic N) is 1. The van der Waals surface area contributed by atoms with E-state index in [1.807, 2.05) is 0 Å². The maximum absolute atomic E-state index is 13.1. The van der Waals surface area contributed by atoms with Crippen LogP contribution in [0.2, 0.25) is 0 Å². The van der Waals surface area contributed by atoms with Gasteiger partial charge in [0, 0.05) is 19.1 Å². The lowest BCUT2D eigenvalue weighted by Gasteiger charge is -2.23. The molecule has 2 saturated heterocycles. The Hall–Kier alpha value is -0.980. The fourth-order valence-electron chi connectivity index (χ4n) is 3.14. The summed E-state index contributed by atoms with van der Waals surface area (Å²) < 4.78 is 40.1. The Bertz CT molecular complexity index is 603. The van der Waals surface area contributed by atoms with Gasteiger partial charge >= 0.3 is 0 Å². The molecule has 0 amide bonds. The maximum Gasteiger partial charge on any atom is 0.243 e. The van der Waals surface area contributed by atoms with E-state index >= 15 is 0 Å². The molecule has 0 bridgehead atoms. The quantitative estimate of drug-likeness (QED) is 0.885. The number of nitrogens with one attached hydrogen (secondary N) is 1. The first kappa shape index (κ1) is 13.0. The van der Waals surface area contributed by atoms with Crippen molar-refractivity contribution in [2.24, 2.45) is 5.92 Å². The molecule has 2 aliphatic heterocycles. The average molecular weight is 284 g/mol. The Morgan fingerprint density at radius 3 is 2.89 bits per heavy atom. The van der Waals surface area contributed by atoms with Crippen LogP contribution in [0.5, 0.6) is 0 Å². The average Bonchev–Trinajstić information content (AvgIpc) is 2.88. The Morgan fingerprint density at radius 2 is 2.16 bits per heavy atom. The van der Waals surface area contributed by atoms with E-state index in [1.165, 1.54) is 18.2 Å². The van der Waals surface area contributed by atoms with Crippen molar-refractivity contribution < 1.29 is 12.8 Å². The fourth-order valence-corrected chi connectivity index (χ4v) is 5.04. The summed E-state index contributed by atoms with van der Waals surface area (Å²) >= 11 is 0. The molecule has 0 radical (unpaired) electrons. The monoisotopic (exact) mass is 284 g/mol. The smallest absolute Gasteiger partial charge is 0.243 e. The van der Waals surface area contributed by atoms with Crippen LogP contribution in [0.25, 0.3) is 0 Å². The highest BCUT2D eigenvalue weighted by molar-refractivity contribution is 7.89. The number of hydrogen-bond acceptors (Lipinski definition) is 3. The van der Waals surface area contributed by atoms with E-state index in [2.05, 4.69) is 5.32 Å². The first-order chi connectivity index (χ1) is 9.00. The minimum atomic E-state index is -3.51. The zero-order valence-electron chi connectivity index (χ0n) is 10.8. The second-order valence-corrected chi connectivity index (χ2v) is 7.16. The summed E-state index contributed by atoms with van der Waals surface area (Å²) in [6, 6.07) is 3.90. The lowest BCUT2D eigenvalue weighted by atomic mass is 10.1. The van der Waals surface area contributed by atoms with Crippen molar-refractivity contribution in [1.82, 2.24) is 9.62 Å². The number of sulfonamides is 1. The molecule has 0 aromatic heterocycles. The lowest BCUT2D eigenvalue weighted by molar-refractivity contribution is 0.382. The fraction of sp³-hybridized carbons (Fsp3) is 0.538. The van der Waals surface area contributed by atoms with Gasteiger partial charge in [-0.3, -0.25) is 0 Å². The minimum absolute atomic E-state index is 0.0504. The third-order valence-electron chi connectivity index (χ3n) is 4.12. The highest BCUT2D eigenvalue weighted by Crippen LogP contribution is 2.33. The van der Waals surface area contributed by atoms with Crippen molar-refractivity contribution >= 4 is 10.0 Å². The molecule has 2 heterocycles. The minimum Gasteiger partial charge on any atom is -0.315 e. The van der Waals surface area contributed by atoms with Gasteiger partial charge in [0.1, 0.15) is 5.82 Å². The Balaban J connectivity index is 1.98. The first-order valence-corrected chi connectivity index (χ1v) is 7.93. The van der Waals surface area contributed by atoms with Crippen molar-refractivity contribution in [3.8, 4) is 0 Å². The van der Waals surface area contributed by atoms with Crippen LogP contribution >= 0.6 is 0 Å². The molecule has 6 heteroatoms. The predicted octanol–water partition coefficient (Wildman–Crippen LogP) is 1.12. The molecule has 1 aromatic carbocycles. The van der Waals surface area contributed by atoms with Gasteiger partial charge in [-0.15, -0.1) is 0 Å². The van der Waals surface area contributed by atoms with Gasteiger partial charge in [0.15, 0.2) is 0 Å². The third-order valence-corrected chi connectivity index (χ3v) is 6.20. The Morgan fingerprint density at radius 1 is 1.37 bits per heavy atom. The van der Waals surface area contributed by atoms with Gasteiger partial charge in [-0.05, 0) is 49.6 Å². The van der Waals surface area contributed by atoms with Crippen LogP contribution in [0.3, 0.4) is 0 Å². The Labute approximate surface area is 112 Å². The van der Waals surface area contributed by atoms with E-state index in [9.17, 15) is 12.8 Å². The van der Waals surface area contributed by atoms with Gasteiger partial charge in [-0.1, -0.05) is 0 Å². The summed E-state index contributed by atoms with van der Waals surface area (Å²) in [5.41, 5.74) is 0.467. The SMILES string of the molecule is Cc1cc(F)ccc1S(=O)(=O)N1CC[C@H]2CNC[C@H]21. The van der Waals surface area contributed by atoms with Crippen LogP contribution in [0.4, 0.5) is 4.39 Å². The van der Waals surface area contributed by atoms with Crippen molar-refractivity contribution in [2.45, 2.75) is 24.3 Å². The third kappa shape index (κ3) is 2.07. The standard InChI is InChI=1S/C13H17FN2O2S/c1-9-6-11(14)2-3-13(9)19(17,18)16-5-4-10-7-15-8-12(10)16/h2-3,6,10,12,15H,4-5,7-8H2,1H3/t10-,12+/m0/s1. The largest absolute Gasteiger partial charge is 0.315 e. The van der Waals surface area contributed by atoms with E-state index in [0.717, 1.165) is 13.0 Å². The number of fused-ring (bicyclic) bond motifs is 1. The van der Waals surface area contributed by atoms with Crippen LogP contribution in [0.15, 0.2) is 23.1 Å². The van der Waals surface area contributed by atoms with E-state index < -0.39 is 15.8 Å². The number of hydrogen-bond donors (Lipinski definition) is 1. The molecule has 4 nitrogen and oxygen atoms in total. The van der Waals surface area contributed by atoms with Crippen LogP contribution in [0, 0.1) is 18.7 Å². The number of rotatable bonds is 2.